The summed E-state index contributed by atoms with van der Waals surface area (Å²) in [6, 6.07) is 2.58. The minimum Gasteiger partial charge on any atom is -0.380 e. The van der Waals surface area contributed by atoms with E-state index in [0.717, 1.165) is 11.0 Å². The molecular weight excluding hydrogens is 268 g/mol. The maximum atomic E-state index is 5.45. The quantitative estimate of drug-likeness (QED) is 0.923. The highest BCUT2D eigenvalue weighted by Crippen LogP contribution is 2.21. The van der Waals surface area contributed by atoms with Crippen molar-refractivity contribution in [2.24, 2.45) is 0 Å². The van der Waals surface area contributed by atoms with E-state index in [4.69, 9.17) is 4.74 Å². The highest BCUT2D eigenvalue weighted by molar-refractivity contribution is 9.10. The van der Waals surface area contributed by atoms with E-state index in [1.54, 1.807) is 13.3 Å². The van der Waals surface area contributed by atoms with Crippen LogP contribution in [-0.2, 0) is 11.3 Å². The van der Waals surface area contributed by atoms with Crippen LogP contribution in [0, 0.1) is 0 Å². The van der Waals surface area contributed by atoms with E-state index in [-0.39, 0.29) is 0 Å². The summed E-state index contributed by atoms with van der Waals surface area (Å²) in [7, 11) is 1.80. The zero-order chi connectivity index (χ0) is 11.4. The molecule has 1 aromatic rings. The van der Waals surface area contributed by atoms with Gasteiger partial charge in [-0.2, -0.15) is 0 Å². The lowest BCUT2D eigenvalue weighted by Gasteiger charge is -2.19. The van der Waals surface area contributed by atoms with E-state index < -0.39 is 0 Å². The maximum absolute atomic E-state index is 5.45. The Hall–Kier alpha value is -0.450. The number of pyridine rings is 1. The lowest BCUT2D eigenvalue weighted by Crippen LogP contribution is -2.36. The third kappa shape index (κ3) is 3.03. The first kappa shape index (κ1) is 12.0. The second-order valence-corrected chi connectivity index (χ2v) is 5.12. The van der Waals surface area contributed by atoms with E-state index in [0.29, 0.717) is 12.1 Å². The number of aromatic nitrogens is 1. The van der Waals surface area contributed by atoms with Gasteiger partial charge in [0.15, 0.2) is 0 Å². The van der Waals surface area contributed by atoms with Crippen molar-refractivity contribution in [3.05, 3.63) is 28.5 Å². The Morgan fingerprint density at radius 2 is 2.38 bits per heavy atom. The van der Waals surface area contributed by atoms with Crippen LogP contribution in [-0.4, -0.2) is 24.2 Å². The third-order valence-corrected chi connectivity index (χ3v) is 3.52. The summed E-state index contributed by atoms with van der Waals surface area (Å²) >= 11 is 3.43. The molecule has 1 aromatic heterocycles. The Morgan fingerprint density at radius 3 is 3.12 bits per heavy atom. The van der Waals surface area contributed by atoms with Crippen molar-refractivity contribution in [3.63, 3.8) is 0 Å². The smallest absolute Gasteiger partial charge is 0.0724 e. The highest BCUT2D eigenvalue weighted by Gasteiger charge is 2.26. The summed E-state index contributed by atoms with van der Waals surface area (Å²) in [5.74, 6) is 0. The topological polar surface area (TPSA) is 34.1 Å². The van der Waals surface area contributed by atoms with Crippen molar-refractivity contribution < 1.29 is 4.74 Å². The van der Waals surface area contributed by atoms with Gasteiger partial charge in [-0.25, -0.2) is 0 Å². The molecular formula is C12H17BrN2O. The van der Waals surface area contributed by atoms with Gasteiger partial charge in [-0.3, -0.25) is 4.98 Å². The van der Waals surface area contributed by atoms with Crippen LogP contribution >= 0.6 is 15.9 Å². The first-order valence-corrected chi connectivity index (χ1v) is 6.44. The maximum Gasteiger partial charge on any atom is 0.0724 e. The molecule has 0 radical (unpaired) electrons. The molecule has 1 N–H and O–H groups in total. The normalized spacial score (nSPS) is 24.9. The van der Waals surface area contributed by atoms with Gasteiger partial charge in [0.1, 0.15) is 0 Å². The largest absolute Gasteiger partial charge is 0.380 e. The fourth-order valence-electron chi connectivity index (χ4n) is 2.24. The number of methoxy groups -OCH3 is 1. The van der Waals surface area contributed by atoms with Crippen molar-refractivity contribution in [2.45, 2.75) is 38.0 Å². The van der Waals surface area contributed by atoms with Gasteiger partial charge in [0.05, 0.1) is 6.10 Å². The van der Waals surface area contributed by atoms with Gasteiger partial charge >= 0.3 is 0 Å². The molecule has 0 spiro atoms. The number of nitrogens with zero attached hydrogens (tertiary/aromatic N) is 1. The average Bonchev–Trinajstić information content (AvgIpc) is 2.74. The Morgan fingerprint density at radius 1 is 1.50 bits per heavy atom. The van der Waals surface area contributed by atoms with Crippen molar-refractivity contribution in [3.8, 4) is 0 Å². The molecule has 2 rings (SSSR count). The van der Waals surface area contributed by atoms with Gasteiger partial charge in [0, 0.05) is 36.6 Å². The summed E-state index contributed by atoms with van der Waals surface area (Å²) in [6.07, 6.45) is 7.71. The number of halogens is 1. The fraction of sp³-hybridized carbons (Fsp3) is 0.583. The van der Waals surface area contributed by atoms with Crippen molar-refractivity contribution in [1.29, 1.82) is 0 Å². The van der Waals surface area contributed by atoms with Crippen LogP contribution in [0.5, 0.6) is 0 Å². The van der Waals surface area contributed by atoms with Crippen LogP contribution in [0.15, 0.2) is 22.9 Å². The van der Waals surface area contributed by atoms with Crippen LogP contribution in [0.25, 0.3) is 0 Å². The molecule has 1 heterocycles. The van der Waals surface area contributed by atoms with Crippen LogP contribution < -0.4 is 5.32 Å². The number of nitrogens with one attached hydrogen (secondary N) is 1. The summed E-state index contributed by atoms with van der Waals surface area (Å²) in [4.78, 5) is 4.15. The van der Waals surface area contributed by atoms with Crippen LogP contribution in [0.1, 0.15) is 24.8 Å². The second-order valence-electron chi connectivity index (χ2n) is 4.20. The minimum atomic E-state index is 0.375. The number of ether oxygens (including phenoxy) is 1. The van der Waals surface area contributed by atoms with E-state index in [9.17, 15) is 0 Å². The summed E-state index contributed by atoms with van der Waals surface area (Å²) in [6.45, 7) is 0.858. The molecule has 88 valence electrons. The average molecular weight is 285 g/mol. The van der Waals surface area contributed by atoms with Gasteiger partial charge in [0.25, 0.3) is 0 Å². The first-order chi connectivity index (χ1) is 7.79. The Kier molecular flexibility index (Phi) is 4.32. The zero-order valence-corrected chi connectivity index (χ0v) is 11.0. The number of hydrogen-bond donors (Lipinski definition) is 1. The highest BCUT2D eigenvalue weighted by atomic mass is 79.9. The van der Waals surface area contributed by atoms with Crippen molar-refractivity contribution in [2.75, 3.05) is 7.11 Å². The standard InChI is InChI=1S/C12H17BrN2O/c1-16-12-4-2-3-11(12)15-7-9-5-10(13)8-14-6-9/h5-6,8,11-12,15H,2-4,7H2,1H3. The van der Waals surface area contributed by atoms with E-state index >= 15 is 0 Å². The van der Waals surface area contributed by atoms with E-state index in [1.165, 1.54) is 24.8 Å². The molecule has 1 saturated carbocycles. The molecule has 0 aromatic carbocycles. The summed E-state index contributed by atoms with van der Waals surface area (Å²) in [5, 5.41) is 3.54. The van der Waals surface area contributed by atoms with Gasteiger partial charge in [0.2, 0.25) is 0 Å². The van der Waals surface area contributed by atoms with Crippen LogP contribution in [0.3, 0.4) is 0 Å². The molecule has 1 aliphatic carbocycles. The zero-order valence-electron chi connectivity index (χ0n) is 9.45. The summed E-state index contributed by atoms with van der Waals surface area (Å²) in [5.41, 5.74) is 1.20. The van der Waals surface area contributed by atoms with E-state index in [2.05, 4.69) is 32.3 Å². The lowest BCUT2D eigenvalue weighted by atomic mass is 10.2. The molecule has 1 fully saturated rings. The first-order valence-electron chi connectivity index (χ1n) is 5.65. The third-order valence-electron chi connectivity index (χ3n) is 3.09. The molecule has 0 amide bonds. The van der Waals surface area contributed by atoms with E-state index in [1.807, 2.05) is 6.20 Å². The molecule has 3 nitrogen and oxygen atoms in total. The molecule has 2 unspecified atom stereocenters. The van der Waals surface area contributed by atoms with Gasteiger partial charge in [-0.1, -0.05) is 0 Å². The molecule has 4 heteroatoms. The molecule has 0 saturated heterocycles. The van der Waals surface area contributed by atoms with Crippen molar-refractivity contribution in [1.82, 2.24) is 10.3 Å². The fourth-order valence-corrected chi connectivity index (χ4v) is 2.66. The van der Waals surface area contributed by atoms with Crippen molar-refractivity contribution >= 4 is 15.9 Å². The second kappa shape index (κ2) is 5.75. The number of hydrogen-bond acceptors (Lipinski definition) is 3. The molecule has 2 atom stereocenters. The minimum absolute atomic E-state index is 0.375. The lowest BCUT2D eigenvalue weighted by molar-refractivity contribution is 0.0847. The number of rotatable bonds is 4. The SMILES string of the molecule is COC1CCCC1NCc1cncc(Br)c1. The molecule has 0 bridgehead atoms. The molecule has 16 heavy (non-hydrogen) atoms. The predicted octanol–water partition coefficient (Wildman–Crippen LogP) is 2.50. The predicted molar refractivity (Wildman–Crippen MR) is 67.2 cm³/mol. The Balaban J connectivity index is 1.87. The molecule has 1 aliphatic rings. The van der Waals surface area contributed by atoms with Gasteiger partial charge in [-0.15, -0.1) is 0 Å². The summed E-state index contributed by atoms with van der Waals surface area (Å²) < 4.78 is 6.48. The Bertz CT molecular complexity index is 346. The molecule has 0 aliphatic heterocycles. The van der Waals surface area contributed by atoms with Crippen LogP contribution in [0.4, 0.5) is 0 Å². The van der Waals surface area contributed by atoms with Gasteiger partial charge in [-0.05, 0) is 46.8 Å². The monoisotopic (exact) mass is 284 g/mol. The Labute approximate surface area is 105 Å². The van der Waals surface area contributed by atoms with Gasteiger partial charge < -0.3 is 10.1 Å². The van der Waals surface area contributed by atoms with Crippen LogP contribution in [0.2, 0.25) is 0 Å².